The van der Waals surface area contributed by atoms with E-state index in [9.17, 15) is 9.18 Å². The van der Waals surface area contributed by atoms with Gasteiger partial charge in [-0.05, 0) is 35.9 Å². The number of pyridine rings is 1. The number of benzene rings is 1. The van der Waals surface area contributed by atoms with E-state index in [0.717, 1.165) is 17.1 Å². The second kappa shape index (κ2) is 6.41. The molecule has 3 heterocycles. The van der Waals surface area contributed by atoms with Crippen LogP contribution in [0.15, 0.2) is 42.7 Å². The van der Waals surface area contributed by atoms with Crippen LogP contribution in [-0.4, -0.2) is 27.2 Å². The minimum Gasteiger partial charge on any atom is -0.352 e. The van der Waals surface area contributed by atoms with Crippen LogP contribution in [0.2, 0.25) is 0 Å². The van der Waals surface area contributed by atoms with Crippen molar-refractivity contribution in [3.05, 3.63) is 76.6 Å². The molecule has 2 aromatic heterocycles. The molecule has 1 aliphatic heterocycles. The standard InChI is InChI=1S/C19H14FN5O/c20-14-6-12(5-13(7-14)10-21)8-15-9-16(1-3-22-15)25-18-2-4-23-19(26)17(18)11-24-25/h1,3,5-7,9,11H,2,4,8H2,(H,23,26). The molecular formula is C19H14FN5O. The number of carbonyl (C=O) groups is 1. The molecule has 0 bridgehead atoms. The van der Waals surface area contributed by atoms with Crippen LogP contribution in [0.25, 0.3) is 5.69 Å². The molecule has 128 valence electrons. The molecule has 4 rings (SSSR count). The van der Waals surface area contributed by atoms with E-state index >= 15 is 0 Å². The summed E-state index contributed by atoms with van der Waals surface area (Å²) in [6.45, 7) is 0.579. The summed E-state index contributed by atoms with van der Waals surface area (Å²) in [6, 6.07) is 9.88. The third kappa shape index (κ3) is 2.93. The molecule has 1 amide bonds. The van der Waals surface area contributed by atoms with E-state index in [1.54, 1.807) is 23.1 Å². The van der Waals surface area contributed by atoms with Crippen LogP contribution >= 0.6 is 0 Å². The van der Waals surface area contributed by atoms with E-state index in [1.807, 2.05) is 18.2 Å². The molecule has 0 unspecified atom stereocenters. The molecule has 3 aromatic rings. The summed E-state index contributed by atoms with van der Waals surface area (Å²) in [5.41, 5.74) is 3.92. The highest BCUT2D eigenvalue weighted by molar-refractivity contribution is 5.96. The average molecular weight is 347 g/mol. The molecule has 6 nitrogen and oxygen atoms in total. The van der Waals surface area contributed by atoms with Gasteiger partial charge in [0, 0.05) is 31.3 Å². The van der Waals surface area contributed by atoms with Crippen molar-refractivity contribution in [1.29, 1.82) is 5.26 Å². The Morgan fingerprint density at radius 3 is 3.04 bits per heavy atom. The lowest BCUT2D eigenvalue weighted by Crippen LogP contribution is -2.32. The number of hydrogen-bond acceptors (Lipinski definition) is 4. The van der Waals surface area contributed by atoms with Crippen LogP contribution in [0, 0.1) is 17.1 Å². The first-order valence-corrected chi connectivity index (χ1v) is 8.14. The Balaban J connectivity index is 1.67. The predicted octanol–water partition coefficient (Wildman–Crippen LogP) is 2.15. The van der Waals surface area contributed by atoms with Gasteiger partial charge in [0.05, 0.1) is 34.8 Å². The molecule has 1 N–H and O–H groups in total. The fraction of sp³-hybridized carbons (Fsp3) is 0.158. The zero-order chi connectivity index (χ0) is 18.1. The van der Waals surface area contributed by atoms with E-state index in [4.69, 9.17) is 5.26 Å². The lowest BCUT2D eigenvalue weighted by atomic mass is 10.1. The van der Waals surface area contributed by atoms with Gasteiger partial charge in [0.1, 0.15) is 5.82 Å². The fourth-order valence-electron chi connectivity index (χ4n) is 3.14. The van der Waals surface area contributed by atoms with E-state index in [1.165, 1.54) is 12.1 Å². The van der Waals surface area contributed by atoms with Crippen LogP contribution in [0.5, 0.6) is 0 Å². The minimum absolute atomic E-state index is 0.115. The Bertz CT molecular complexity index is 1050. The lowest BCUT2D eigenvalue weighted by molar-refractivity contribution is 0.0945. The molecule has 26 heavy (non-hydrogen) atoms. The van der Waals surface area contributed by atoms with Gasteiger partial charge in [0.25, 0.3) is 5.91 Å². The van der Waals surface area contributed by atoms with Crippen molar-refractivity contribution >= 4 is 5.91 Å². The second-order valence-electron chi connectivity index (χ2n) is 6.06. The van der Waals surface area contributed by atoms with Gasteiger partial charge in [-0.15, -0.1) is 0 Å². The molecule has 0 fully saturated rings. The van der Waals surface area contributed by atoms with Crippen molar-refractivity contribution in [2.75, 3.05) is 6.54 Å². The van der Waals surface area contributed by atoms with E-state index in [0.29, 0.717) is 30.5 Å². The van der Waals surface area contributed by atoms with Gasteiger partial charge in [0.2, 0.25) is 0 Å². The van der Waals surface area contributed by atoms with E-state index in [-0.39, 0.29) is 11.5 Å². The molecule has 0 saturated carbocycles. The number of nitriles is 1. The predicted molar refractivity (Wildman–Crippen MR) is 91.3 cm³/mol. The van der Waals surface area contributed by atoms with Crippen LogP contribution in [0.3, 0.4) is 0 Å². The zero-order valence-electron chi connectivity index (χ0n) is 13.7. The maximum absolute atomic E-state index is 13.6. The molecule has 0 spiro atoms. The van der Waals surface area contributed by atoms with Gasteiger partial charge in [-0.3, -0.25) is 9.78 Å². The van der Waals surface area contributed by atoms with Crippen LogP contribution in [0.4, 0.5) is 4.39 Å². The van der Waals surface area contributed by atoms with Crippen molar-refractivity contribution in [2.24, 2.45) is 0 Å². The summed E-state index contributed by atoms with van der Waals surface area (Å²) >= 11 is 0. The van der Waals surface area contributed by atoms with Gasteiger partial charge >= 0.3 is 0 Å². The number of halogens is 1. The number of fused-ring (bicyclic) bond motifs is 1. The molecule has 1 aliphatic rings. The number of nitrogens with zero attached hydrogens (tertiary/aromatic N) is 4. The van der Waals surface area contributed by atoms with E-state index < -0.39 is 5.82 Å². The molecule has 7 heteroatoms. The Hall–Kier alpha value is -3.53. The molecule has 0 aliphatic carbocycles. The monoisotopic (exact) mass is 347 g/mol. The maximum atomic E-state index is 13.6. The fourth-order valence-corrected chi connectivity index (χ4v) is 3.14. The van der Waals surface area contributed by atoms with Gasteiger partial charge in [0.15, 0.2) is 0 Å². The number of hydrogen-bond donors (Lipinski definition) is 1. The Morgan fingerprint density at radius 2 is 2.19 bits per heavy atom. The van der Waals surface area contributed by atoms with Gasteiger partial charge in [-0.25, -0.2) is 9.07 Å². The largest absolute Gasteiger partial charge is 0.352 e. The first-order chi connectivity index (χ1) is 12.6. The first kappa shape index (κ1) is 16.0. The minimum atomic E-state index is -0.442. The topological polar surface area (TPSA) is 83.6 Å². The highest BCUT2D eigenvalue weighted by Gasteiger charge is 2.22. The number of rotatable bonds is 3. The van der Waals surface area contributed by atoms with Crippen molar-refractivity contribution in [3.8, 4) is 11.8 Å². The third-order valence-electron chi connectivity index (χ3n) is 4.28. The lowest BCUT2D eigenvalue weighted by Gasteiger charge is -2.15. The SMILES string of the molecule is N#Cc1cc(F)cc(Cc2cc(-n3ncc4c3CCNC4=O)ccn2)c1. The first-order valence-electron chi connectivity index (χ1n) is 8.14. The summed E-state index contributed by atoms with van der Waals surface area (Å²) in [5.74, 6) is -0.557. The molecular weight excluding hydrogens is 333 g/mol. The zero-order valence-corrected chi connectivity index (χ0v) is 13.7. The number of amides is 1. The maximum Gasteiger partial charge on any atom is 0.254 e. The summed E-state index contributed by atoms with van der Waals surface area (Å²) in [5, 5.41) is 16.1. The number of carbonyl (C=O) groups excluding carboxylic acids is 1. The molecule has 0 radical (unpaired) electrons. The summed E-state index contributed by atoms with van der Waals surface area (Å²) < 4.78 is 15.4. The normalized spacial score (nSPS) is 13.0. The third-order valence-corrected chi connectivity index (χ3v) is 4.28. The Labute approximate surface area is 148 Å². The molecule has 1 aromatic carbocycles. The van der Waals surface area contributed by atoms with Crippen LogP contribution < -0.4 is 5.32 Å². The van der Waals surface area contributed by atoms with Crippen molar-refractivity contribution in [3.63, 3.8) is 0 Å². The van der Waals surface area contributed by atoms with Crippen molar-refractivity contribution in [2.45, 2.75) is 12.8 Å². The van der Waals surface area contributed by atoms with Gasteiger partial charge in [-0.1, -0.05) is 0 Å². The Morgan fingerprint density at radius 1 is 1.31 bits per heavy atom. The highest BCUT2D eigenvalue weighted by atomic mass is 19.1. The van der Waals surface area contributed by atoms with Crippen molar-refractivity contribution < 1.29 is 9.18 Å². The quantitative estimate of drug-likeness (QED) is 0.787. The highest BCUT2D eigenvalue weighted by Crippen LogP contribution is 2.19. The van der Waals surface area contributed by atoms with Gasteiger partial charge in [-0.2, -0.15) is 10.4 Å². The molecule has 0 saturated heterocycles. The smallest absolute Gasteiger partial charge is 0.254 e. The number of nitrogens with one attached hydrogen (secondary N) is 1. The average Bonchev–Trinajstić information content (AvgIpc) is 3.07. The summed E-state index contributed by atoms with van der Waals surface area (Å²) in [6.07, 6.45) is 4.32. The molecule has 0 atom stereocenters. The van der Waals surface area contributed by atoms with Crippen LogP contribution in [0.1, 0.15) is 32.9 Å². The van der Waals surface area contributed by atoms with Gasteiger partial charge < -0.3 is 5.32 Å². The number of aromatic nitrogens is 3. The van der Waals surface area contributed by atoms with Crippen molar-refractivity contribution in [1.82, 2.24) is 20.1 Å². The second-order valence-corrected chi connectivity index (χ2v) is 6.06. The summed E-state index contributed by atoms with van der Waals surface area (Å²) in [7, 11) is 0. The van der Waals surface area contributed by atoms with E-state index in [2.05, 4.69) is 15.4 Å². The Kier molecular flexibility index (Phi) is 3.93. The van der Waals surface area contributed by atoms with Crippen LogP contribution in [-0.2, 0) is 12.8 Å². The summed E-state index contributed by atoms with van der Waals surface area (Å²) in [4.78, 5) is 16.2.